The lowest BCUT2D eigenvalue weighted by molar-refractivity contribution is -0.151. The maximum absolute atomic E-state index is 12.7. The van der Waals surface area contributed by atoms with Gasteiger partial charge < -0.3 is 77.3 Å². The number of benzene rings is 9. The molecule has 0 radical (unpaired) electrons. The van der Waals surface area contributed by atoms with Gasteiger partial charge in [-0.1, -0.05) is 108 Å². The van der Waals surface area contributed by atoms with Gasteiger partial charge in [0.05, 0.1) is 94.6 Å². The minimum Gasteiger partial charge on any atom is -0.497 e. The second-order valence-corrected chi connectivity index (χ2v) is 22.7. The number of ketones is 2. The molecule has 0 saturated carbocycles. The van der Waals surface area contributed by atoms with Gasteiger partial charge in [0.2, 0.25) is 0 Å². The quantitative estimate of drug-likeness (QED) is 0.00839. The van der Waals surface area contributed by atoms with E-state index in [1.54, 1.807) is 91.2 Å². The average Bonchev–Trinajstić information content (AvgIpc) is 0.822. The number of carbonyl (C=O) groups excluding carboxylic acids is 6. The van der Waals surface area contributed by atoms with Gasteiger partial charge in [0, 0.05) is 0 Å². The zero-order valence-electron chi connectivity index (χ0n) is 57.3. The highest BCUT2D eigenvalue weighted by molar-refractivity contribution is 6.37. The van der Waals surface area contributed by atoms with Crippen molar-refractivity contribution in [2.75, 3.05) is 62.9 Å². The van der Waals surface area contributed by atoms with Gasteiger partial charge in [-0.05, 0) is 143 Å². The van der Waals surface area contributed by atoms with Crippen LogP contribution in [0.25, 0.3) is 0 Å². The number of carboxylic acid groups (broad SMARTS) is 1. The number of hydrazine groups is 1. The van der Waals surface area contributed by atoms with Crippen LogP contribution in [-0.4, -0.2) is 109 Å². The molecule has 9 aromatic carbocycles. The molecular formula is C76H73Cl3N4O21. The SMILES string of the molecule is COC(=O)C(=O)CNC(=O)c1ccc(OCc2ccc(OC)cc2)c(OCc2ccc(OC)cc2)c1Cl.COc1ccc(COc2ccc(C(=O)NCC(=O)C(=O)O)c(Cl)c2OCc2ccc(OC)cc2)cc1.COc1ccc(COc2ccc(C(=O)NN)c(Cl)c2OCc2ccc(OC)cc2)cc1. The molecule has 0 fully saturated rings. The van der Waals surface area contributed by atoms with Crippen molar-refractivity contribution in [3.63, 3.8) is 0 Å². The Bertz CT molecular complexity index is 4380. The molecule has 0 saturated heterocycles. The number of aliphatic carboxylic acids is 1. The molecule has 0 aromatic heterocycles. The lowest BCUT2D eigenvalue weighted by Crippen LogP contribution is -2.33. The molecule has 0 atom stereocenters. The molecule has 25 nitrogen and oxygen atoms in total. The summed E-state index contributed by atoms with van der Waals surface area (Å²) in [6.45, 7) is -0.0736. The van der Waals surface area contributed by atoms with Crippen molar-refractivity contribution >= 4 is 76.0 Å². The number of carboxylic acids is 1. The highest BCUT2D eigenvalue weighted by Crippen LogP contribution is 2.42. The van der Waals surface area contributed by atoms with Gasteiger partial charge in [-0.25, -0.2) is 15.4 Å². The monoisotopic (exact) mass is 1480 g/mol. The van der Waals surface area contributed by atoms with Crippen LogP contribution >= 0.6 is 34.8 Å². The summed E-state index contributed by atoms with van der Waals surface area (Å²) in [6.07, 6.45) is 0. The van der Waals surface area contributed by atoms with Gasteiger partial charge in [-0.15, -0.1) is 0 Å². The summed E-state index contributed by atoms with van der Waals surface area (Å²) in [5.41, 5.74) is 7.51. The molecule has 0 aliphatic carbocycles. The van der Waals surface area contributed by atoms with E-state index in [0.717, 1.165) is 57.7 Å². The number of hydrogen-bond acceptors (Lipinski definition) is 21. The number of Topliss-reactive ketones (excluding diaryl/α,β-unsaturated/α-hetero) is 2. The number of methoxy groups -OCH3 is 7. The first-order chi connectivity index (χ1) is 50.2. The van der Waals surface area contributed by atoms with Crippen molar-refractivity contribution in [3.05, 3.63) is 247 Å². The van der Waals surface area contributed by atoms with Crippen LogP contribution < -0.4 is 78.7 Å². The zero-order valence-corrected chi connectivity index (χ0v) is 59.6. The van der Waals surface area contributed by atoms with Crippen LogP contribution in [-0.2, 0) is 63.6 Å². The number of ether oxygens (including phenoxy) is 13. The van der Waals surface area contributed by atoms with E-state index in [9.17, 15) is 33.6 Å². The van der Waals surface area contributed by atoms with E-state index >= 15 is 0 Å². The molecule has 0 heterocycles. The third-order valence-corrected chi connectivity index (χ3v) is 15.9. The van der Waals surface area contributed by atoms with E-state index in [1.807, 2.05) is 109 Å². The summed E-state index contributed by atoms with van der Waals surface area (Å²) in [7, 11) is 10.6. The number of amides is 3. The van der Waals surface area contributed by atoms with Crippen LogP contribution in [0.2, 0.25) is 15.1 Å². The van der Waals surface area contributed by atoms with Crippen LogP contribution in [0.4, 0.5) is 0 Å². The lowest BCUT2D eigenvalue weighted by Gasteiger charge is -2.17. The second kappa shape index (κ2) is 40.5. The zero-order chi connectivity index (χ0) is 75.1. The van der Waals surface area contributed by atoms with Crippen molar-refractivity contribution in [1.29, 1.82) is 0 Å². The van der Waals surface area contributed by atoms with Crippen LogP contribution in [0.1, 0.15) is 64.5 Å². The first-order valence-corrected chi connectivity index (χ1v) is 32.3. The lowest BCUT2D eigenvalue weighted by atomic mass is 10.1. The number of halogens is 3. The minimum atomic E-state index is -1.65. The van der Waals surface area contributed by atoms with E-state index in [2.05, 4.69) is 20.8 Å². The smallest absolute Gasteiger partial charge is 0.376 e. The normalized spacial score (nSPS) is 10.3. The first kappa shape index (κ1) is 79.4. The first-order valence-electron chi connectivity index (χ1n) is 31.2. The summed E-state index contributed by atoms with van der Waals surface area (Å²) in [4.78, 5) is 82.4. The largest absolute Gasteiger partial charge is 0.497 e. The maximum atomic E-state index is 12.7. The topological polar surface area (TPSA) is 322 Å². The summed E-state index contributed by atoms with van der Waals surface area (Å²) < 4.78 is 71.1. The molecule has 0 aliphatic rings. The fourth-order valence-electron chi connectivity index (χ4n) is 9.02. The van der Waals surface area contributed by atoms with E-state index < -0.39 is 54.3 Å². The van der Waals surface area contributed by atoms with Crippen molar-refractivity contribution in [2.24, 2.45) is 5.84 Å². The Labute approximate surface area is 613 Å². The van der Waals surface area contributed by atoms with E-state index in [4.69, 9.17) is 103 Å². The van der Waals surface area contributed by atoms with Gasteiger partial charge >= 0.3 is 11.9 Å². The van der Waals surface area contributed by atoms with Crippen LogP contribution in [0.15, 0.2) is 182 Å². The molecule has 104 heavy (non-hydrogen) atoms. The molecule has 3 amide bonds. The fraction of sp³-hybridized carbons (Fsp3) is 0.197. The van der Waals surface area contributed by atoms with E-state index in [1.165, 1.54) is 24.3 Å². The Morgan fingerprint density at radius 1 is 0.327 bits per heavy atom. The number of nitrogens with two attached hydrogens (primary N) is 1. The molecule has 544 valence electrons. The molecule has 6 N–H and O–H groups in total. The standard InChI is InChI=1S/C27H26ClNO8.C26H24ClNO8.C23H23ClN2O5/c1-33-19-8-4-17(5-9-19)15-36-23-13-12-21(26(31)29-14-22(30)27(32)35-3)24(28)25(23)37-16-18-6-10-20(34-2)11-7-18;1-33-18-7-3-16(4-8-18)14-35-22-12-11-20(25(30)28-13-21(29)26(31)32)23(27)24(22)36-15-17-5-9-19(34-2)10-6-17;1-28-17-7-3-15(4-8-17)13-30-20-12-11-19(23(27)26-25)21(24)22(20)31-14-16-5-9-18(29-2)10-6-16/h4-13H,14-16H2,1-3H3,(H,29,31);3-12H,13-15H2,1-2H3,(H,28,30)(H,31,32);3-12H,13-14,25H2,1-2H3,(H,26,27). The maximum Gasteiger partial charge on any atom is 0.376 e. The van der Waals surface area contributed by atoms with Gasteiger partial charge in [-0.3, -0.25) is 29.4 Å². The van der Waals surface area contributed by atoms with Crippen molar-refractivity contribution in [1.82, 2.24) is 16.1 Å². The van der Waals surface area contributed by atoms with Gasteiger partial charge in [-0.2, -0.15) is 0 Å². The number of rotatable bonds is 33. The third kappa shape index (κ3) is 23.3. The highest BCUT2D eigenvalue weighted by Gasteiger charge is 2.25. The molecule has 28 heteroatoms. The second-order valence-electron chi connectivity index (χ2n) is 21.6. The number of hydrogen-bond donors (Lipinski definition) is 5. The number of nitrogen functional groups attached to an aromatic ring is 1. The predicted octanol–water partition coefficient (Wildman–Crippen LogP) is 12.0. The summed E-state index contributed by atoms with van der Waals surface area (Å²) >= 11 is 19.6. The Kier molecular flexibility index (Phi) is 30.9. The number of nitrogens with one attached hydrogen (secondary N) is 3. The third-order valence-electron chi connectivity index (χ3n) is 14.8. The molecule has 0 spiro atoms. The molecule has 0 aliphatic heterocycles. The summed E-state index contributed by atoms with van der Waals surface area (Å²) in [6, 6.07) is 53.1. The van der Waals surface area contributed by atoms with Crippen molar-refractivity contribution in [3.8, 4) is 69.0 Å². The minimum absolute atomic E-state index is 0.00335. The van der Waals surface area contributed by atoms with Crippen LogP contribution in [0.5, 0.6) is 69.0 Å². The van der Waals surface area contributed by atoms with Gasteiger partial charge in [0.1, 0.15) is 74.1 Å². The van der Waals surface area contributed by atoms with Crippen LogP contribution in [0, 0.1) is 0 Å². The Morgan fingerprint density at radius 2 is 0.558 bits per heavy atom. The number of esters is 1. The summed E-state index contributed by atoms with van der Waals surface area (Å²) in [5.74, 6) is 4.44. The van der Waals surface area contributed by atoms with E-state index in [0.29, 0.717) is 34.5 Å². The molecule has 9 rings (SSSR count). The van der Waals surface area contributed by atoms with Crippen molar-refractivity contribution in [2.45, 2.75) is 39.6 Å². The molecule has 0 bridgehead atoms. The van der Waals surface area contributed by atoms with Gasteiger partial charge in [0.25, 0.3) is 29.3 Å². The molecule has 0 unspecified atom stereocenters. The van der Waals surface area contributed by atoms with Crippen molar-refractivity contribution < 1.29 is 100 Å². The fourth-order valence-corrected chi connectivity index (χ4v) is 9.91. The molecule has 9 aromatic rings. The van der Waals surface area contributed by atoms with Gasteiger partial charge in [0.15, 0.2) is 34.5 Å². The molecular weight excluding hydrogens is 1410 g/mol. The van der Waals surface area contributed by atoms with Crippen LogP contribution in [0.3, 0.4) is 0 Å². The average molecular weight is 1480 g/mol. The highest BCUT2D eigenvalue weighted by atomic mass is 35.5. The summed E-state index contributed by atoms with van der Waals surface area (Å²) in [5, 5.41) is 13.4. The van der Waals surface area contributed by atoms with E-state index in [-0.39, 0.29) is 88.6 Å². The predicted molar refractivity (Wildman–Crippen MR) is 384 cm³/mol. The Morgan fingerprint density at radius 3 is 0.779 bits per heavy atom. The Hall–Kier alpha value is -11.9. The Balaban J connectivity index is 0.000000219. The number of carbonyl (C=O) groups is 7.